The maximum absolute atomic E-state index is 5.01. The van der Waals surface area contributed by atoms with E-state index in [-0.39, 0.29) is 6.71 Å². The van der Waals surface area contributed by atoms with Crippen LogP contribution in [-0.4, -0.2) is 11.3 Å². The number of benzene rings is 10. The number of para-hydroxylation sites is 3. The Bertz CT molecular complexity index is 4190. The van der Waals surface area contributed by atoms with E-state index in [1.54, 1.807) is 6.08 Å². The highest BCUT2D eigenvalue weighted by Crippen LogP contribution is 2.51. The quantitative estimate of drug-likeness (QED) is 0.0749. The first-order valence-corrected chi connectivity index (χ1v) is 27.9. The lowest BCUT2D eigenvalue weighted by Gasteiger charge is -2.46. The molecule has 0 unspecified atom stereocenters. The largest absolute Gasteiger partial charge is 0.310 e. The fraction of sp³-hybridized carbons (Fsp3) is 0.0526. The fourth-order valence-corrected chi connectivity index (χ4v) is 12.5. The van der Waals surface area contributed by atoms with Gasteiger partial charge >= 0.3 is 0 Å². The van der Waals surface area contributed by atoms with Crippen molar-refractivity contribution in [1.29, 1.82) is 0 Å². The number of unbranched alkanes of at least 4 members (excludes halogenated alkanes) is 1. The highest BCUT2D eigenvalue weighted by Gasteiger charge is 2.45. The molecule has 2 aliphatic rings. The van der Waals surface area contributed by atoms with Gasteiger partial charge in [-0.15, -0.1) is 0 Å². The first-order chi connectivity index (χ1) is 39.4. The predicted molar refractivity (Wildman–Crippen MR) is 345 cm³/mol. The van der Waals surface area contributed by atoms with Crippen molar-refractivity contribution in [2.24, 2.45) is 0 Å². The van der Waals surface area contributed by atoms with E-state index in [1.165, 1.54) is 38.3 Å². The van der Waals surface area contributed by atoms with Gasteiger partial charge in [0.2, 0.25) is 0 Å². The molecular weight excluding hydrogens is 966 g/mol. The maximum Gasteiger partial charge on any atom is 0.252 e. The zero-order chi connectivity index (χ0) is 54.3. The van der Waals surface area contributed by atoms with Crippen LogP contribution in [0.5, 0.6) is 0 Å². The third-order valence-corrected chi connectivity index (χ3v) is 16.2. The SMILES string of the molecule is C=C/C=C\C(=C)C(=C)/C(=C(\C=C)c1ccccc1)N1c2cc(-n3c4ccccc4c4ccccc43)ccc2B2c3cc(-c4ccccc4)ccc3N(c3c(-c4ccccc4)cccc3-c3ccccc3)c3cc(CCCC)cc1c32. The summed E-state index contributed by atoms with van der Waals surface area (Å²) in [6, 6.07) is 87.0. The Morgan fingerprint density at radius 3 is 1.71 bits per heavy atom. The van der Waals surface area contributed by atoms with Crippen LogP contribution in [0.2, 0.25) is 0 Å². The van der Waals surface area contributed by atoms with Crippen LogP contribution in [0.4, 0.5) is 28.4 Å². The molecule has 80 heavy (non-hydrogen) atoms. The van der Waals surface area contributed by atoms with Crippen LogP contribution >= 0.6 is 0 Å². The molecule has 0 amide bonds. The Labute approximate surface area is 471 Å². The standard InChI is InChI=1S/C76H60BN3/c1-6-9-28-52(4)53(5)75(61(8-3)56-32-17-12-18-33-56)80-71-51-60(78-68-42-25-23-38-64(68)65-39-24-26-43-69(65)78)45-46-66(71)77-67-50-59(55-30-15-11-16-31-55)44-47-70(67)79(72-48-54(29-10-7-2)49-73(80)74(72)77)76-62(57-34-19-13-20-35-57)40-27-41-63(76)58-36-21-14-22-37-58/h6,8-9,11-28,30-51H,1,3-5,7,10,29H2,2H3/b28-9-,75-61-. The van der Waals surface area contributed by atoms with E-state index >= 15 is 0 Å². The van der Waals surface area contributed by atoms with Gasteiger partial charge in [0.25, 0.3) is 6.71 Å². The van der Waals surface area contributed by atoms with E-state index in [1.807, 2.05) is 18.2 Å². The lowest BCUT2D eigenvalue weighted by molar-refractivity contribution is 0.795. The molecule has 11 aromatic rings. The third kappa shape index (κ3) is 8.49. The van der Waals surface area contributed by atoms with Crippen LogP contribution < -0.4 is 26.2 Å². The minimum atomic E-state index is -0.195. The molecule has 1 aromatic heterocycles. The number of fused-ring (bicyclic) bond motifs is 7. The molecule has 13 rings (SSSR count). The Morgan fingerprint density at radius 1 is 0.512 bits per heavy atom. The molecule has 0 saturated heterocycles. The van der Waals surface area contributed by atoms with Crippen LogP contribution in [0.15, 0.2) is 304 Å². The summed E-state index contributed by atoms with van der Waals surface area (Å²) in [6.07, 6.45) is 10.8. The van der Waals surface area contributed by atoms with E-state index in [2.05, 4.69) is 271 Å². The molecule has 0 spiro atoms. The van der Waals surface area contributed by atoms with Gasteiger partial charge in [-0.1, -0.05) is 258 Å². The van der Waals surface area contributed by atoms with Gasteiger partial charge < -0.3 is 14.4 Å². The number of rotatable bonds is 15. The van der Waals surface area contributed by atoms with Crippen molar-refractivity contribution < 1.29 is 0 Å². The average molecular weight is 1030 g/mol. The minimum Gasteiger partial charge on any atom is -0.310 e. The number of aromatic nitrogens is 1. The molecule has 0 radical (unpaired) electrons. The second kappa shape index (κ2) is 21.2. The molecule has 0 aliphatic carbocycles. The molecule has 382 valence electrons. The van der Waals surface area contributed by atoms with E-state index in [0.717, 1.165) is 120 Å². The molecule has 0 atom stereocenters. The van der Waals surface area contributed by atoms with Gasteiger partial charge in [-0.25, -0.2) is 0 Å². The Morgan fingerprint density at radius 2 is 1.10 bits per heavy atom. The molecule has 0 N–H and O–H groups in total. The van der Waals surface area contributed by atoms with E-state index in [0.29, 0.717) is 0 Å². The van der Waals surface area contributed by atoms with E-state index < -0.39 is 0 Å². The highest BCUT2D eigenvalue weighted by atomic mass is 15.2. The molecule has 3 heterocycles. The number of hydrogen-bond acceptors (Lipinski definition) is 2. The van der Waals surface area contributed by atoms with Crippen molar-refractivity contribution >= 4 is 78.9 Å². The summed E-state index contributed by atoms with van der Waals surface area (Å²) < 4.78 is 2.44. The fourth-order valence-electron chi connectivity index (χ4n) is 12.5. The summed E-state index contributed by atoms with van der Waals surface area (Å²) in [5.74, 6) is 0. The molecule has 0 bridgehead atoms. The highest BCUT2D eigenvalue weighted by molar-refractivity contribution is 7.00. The zero-order valence-corrected chi connectivity index (χ0v) is 45.2. The topological polar surface area (TPSA) is 11.4 Å². The van der Waals surface area contributed by atoms with Crippen molar-refractivity contribution in [3.63, 3.8) is 0 Å². The van der Waals surface area contributed by atoms with Crippen LogP contribution in [0, 0.1) is 0 Å². The minimum absolute atomic E-state index is 0.195. The molecule has 2 aliphatic heterocycles. The summed E-state index contributed by atoms with van der Waals surface area (Å²) in [4.78, 5) is 5.15. The number of anilines is 5. The van der Waals surface area contributed by atoms with Gasteiger partial charge in [0.15, 0.2) is 0 Å². The number of nitrogens with zero attached hydrogens (tertiary/aromatic N) is 3. The predicted octanol–water partition coefficient (Wildman–Crippen LogP) is 18.3. The first-order valence-electron chi connectivity index (χ1n) is 27.9. The Hall–Kier alpha value is -9.90. The van der Waals surface area contributed by atoms with Crippen LogP contribution in [0.25, 0.3) is 66.4 Å². The van der Waals surface area contributed by atoms with Gasteiger partial charge in [-0.2, -0.15) is 0 Å². The van der Waals surface area contributed by atoms with Crippen molar-refractivity contribution in [2.75, 3.05) is 9.80 Å². The smallest absolute Gasteiger partial charge is 0.252 e. The summed E-state index contributed by atoms with van der Waals surface area (Å²) in [5, 5.41) is 2.43. The third-order valence-electron chi connectivity index (χ3n) is 16.2. The molecule has 3 nitrogen and oxygen atoms in total. The maximum atomic E-state index is 5.01. The Balaban J connectivity index is 1.21. The summed E-state index contributed by atoms with van der Waals surface area (Å²) in [5.41, 5.74) is 25.2. The Kier molecular flexibility index (Phi) is 13.1. The van der Waals surface area contributed by atoms with Gasteiger partial charge in [-0.3, -0.25) is 0 Å². The number of hydrogen-bond donors (Lipinski definition) is 0. The average Bonchev–Trinajstić information content (AvgIpc) is 2.36. The van der Waals surface area contributed by atoms with Gasteiger partial charge in [0.05, 0.1) is 22.4 Å². The molecule has 0 fully saturated rings. The summed E-state index contributed by atoms with van der Waals surface area (Å²) in [7, 11) is 0. The van der Waals surface area contributed by atoms with E-state index in [9.17, 15) is 0 Å². The van der Waals surface area contributed by atoms with E-state index in [4.69, 9.17) is 13.2 Å². The second-order valence-electron chi connectivity index (χ2n) is 20.9. The molecular formula is C76H60BN3. The molecule has 0 saturated carbocycles. The van der Waals surface area contributed by atoms with Crippen LogP contribution in [-0.2, 0) is 6.42 Å². The van der Waals surface area contributed by atoms with Crippen molar-refractivity contribution in [3.8, 4) is 39.1 Å². The van der Waals surface area contributed by atoms with Crippen LogP contribution in [0.1, 0.15) is 30.9 Å². The van der Waals surface area contributed by atoms with Crippen molar-refractivity contribution in [3.05, 3.63) is 315 Å². The lowest BCUT2D eigenvalue weighted by Crippen LogP contribution is -2.62. The summed E-state index contributed by atoms with van der Waals surface area (Å²) in [6.45, 7) is 20.5. The monoisotopic (exact) mass is 1030 g/mol. The van der Waals surface area contributed by atoms with Crippen molar-refractivity contribution in [1.82, 2.24) is 4.57 Å². The normalized spacial score (nSPS) is 12.7. The number of allylic oxidation sites excluding steroid dienone is 6. The van der Waals surface area contributed by atoms with Crippen LogP contribution in [0.3, 0.4) is 0 Å². The first kappa shape index (κ1) is 49.7. The number of aryl methyl sites for hydroxylation is 1. The van der Waals surface area contributed by atoms with Gasteiger partial charge in [0.1, 0.15) is 0 Å². The van der Waals surface area contributed by atoms with Crippen molar-refractivity contribution in [2.45, 2.75) is 26.2 Å². The summed E-state index contributed by atoms with van der Waals surface area (Å²) >= 11 is 0. The molecule has 10 aromatic carbocycles. The second-order valence-corrected chi connectivity index (χ2v) is 20.9. The van der Waals surface area contributed by atoms with Gasteiger partial charge in [-0.05, 0) is 116 Å². The molecule has 4 heteroatoms. The zero-order valence-electron chi connectivity index (χ0n) is 45.2. The lowest BCUT2D eigenvalue weighted by atomic mass is 9.33. The van der Waals surface area contributed by atoms with Gasteiger partial charge in [0, 0.05) is 55.9 Å².